The molecule has 2 unspecified atom stereocenters. The molecule has 5 rings (SSSR count). The Morgan fingerprint density at radius 2 is 1.75 bits per heavy atom. The van der Waals surface area contributed by atoms with Gasteiger partial charge in [0.25, 0.3) is 0 Å². The highest BCUT2D eigenvalue weighted by Crippen LogP contribution is 2.39. The number of anilines is 2. The third-order valence-corrected chi connectivity index (χ3v) is 6.92. The SMILES string of the molecule is Cc1cc(N2CC3CN(c4nc5c(s4)CCCC5)CC3C2)ncn1. The lowest BCUT2D eigenvalue weighted by atomic mass is 10.0. The summed E-state index contributed by atoms with van der Waals surface area (Å²) in [5.41, 5.74) is 2.43. The van der Waals surface area contributed by atoms with Crippen LogP contribution in [0.4, 0.5) is 10.9 Å². The van der Waals surface area contributed by atoms with Gasteiger partial charge >= 0.3 is 0 Å². The summed E-state index contributed by atoms with van der Waals surface area (Å²) in [5, 5.41) is 1.28. The highest BCUT2D eigenvalue weighted by Gasteiger charge is 2.41. The van der Waals surface area contributed by atoms with Crippen LogP contribution in [0.25, 0.3) is 0 Å². The smallest absolute Gasteiger partial charge is 0.185 e. The third kappa shape index (κ3) is 2.48. The van der Waals surface area contributed by atoms with Gasteiger partial charge in [0.2, 0.25) is 0 Å². The highest BCUT2D eigenvalue weighted by atomic mass is 32.1. The Bertz CT molecular complexity index is 720. The van der Waals surface area contributed by atoms with Crippen LogP contribution in [-0.2, 0) is 12.8 Å². The van der Waals surface area contributed by atoms with E-state index in [4.69, 9.17) is 4.98 Å². The van der Waals surface area contributed by atoms with E-state index in [9.17, 15) is 0 Å². The molecule has 0 saturated carbocycles. The maximum atomic E-state index is 4.96. The summed E-state index contributed by atoms with van der Waals surface area (Å²) in [6.45, 7) is 6.56. The second-order valence-electron chi connectivity index (χ2n) is 7.42. The van der Waals surface area contributed by atoms with Gasteiger partial charge in [-0.05, 0) is 32.6 Å². The van der Waals surface area contributed by atoms with E-state index < -0.39 is 0 Å². The number of hydrogen-bond acceptors (Lipinski definition) is 6. The van der Waals surface area contributed by atoms with Gasteiger partial charge < -0.3 is 9.80 Å². The predicted octanol–water partition coefficient (Wildman–Crippen LogP) is 2.69. The molecular weight excluding hydrogens is 318 g/mol. The van der Waals surface area contributed by atoms with Crippen molar-refractivity contribution in [3.8, 4) is 0 Å². The van der Waals surface area contributed by atoms with Crippen molar-refractivity contribution >= 4 is 22.3 Å². The first kappa shape index (κ1) is 14.6. The van der Waals surface area contributed by atoms with Crippen molar-refractivity contribution in [1.82, 2.24) is 15.0 Å². The van der Waals surface area contributed by atoms with Crippen LogP contribution in [-0.4, -0.2) is 41.1 Å². The summed E-state index contributed by atoms with van der Waals surface area (Å²) in [5.74, 6) is 2.57. The fourth-order valence-electron chi connectivity index (χ4n) is 4.42. The largest absolute Gasteiger partial charge is 0.356 e. The van der Waals surface area contributed by atoms with Gasteiger partial charge in [-0.25, -0.2) is 15.0 Å². The number of aromatic nitrogens is 3. The van der Waals surface area contributed by atoms with Crippen LogP contribution in [0.1, 0.15) is 29.1 Å². The molecule has 2 saturated heterocycles. The fourth-order valence-corrected chi connectivity index (χ4v) is 5.59. The number of thiazole rings is 1. The first-order valence-electron chi connectivity index (χ1n) is 9.03. The van der Waals surface area contributed by atoms with Gasteiger partial charge in [0.15, 0.2) is 5.13 Å². The molecule has 2 aliphatic heterocycles. The topological polar surface area (TPSA) is 45.2 Å². The van der Waals surface area contributed by atoms with Gasteiger partial charge in [-0.3, -0.25) is 0 Å². The molecule has 4 heterocycles. The molecule has 2 aromatic rings. The molecule has 2 fully saturated rings. The summed E-state index contributed by atoms with van der Waals surface area (Å²) in [4.78, 5) is 20.2. The number of fused-ring (bicyclic) bond motifs is 2. The van der Waals surface area contributed by atoms with Gasteiger partial charge in [0.05, 0.1) is 5.69 Å². The summed E-state index contributed by atoms with van der Waals surface area (Å²) in [7, 11) is 0. The van der Waals surface area contributed by atoms with Gasteiger partial charge in [-0.1, -0.05) is 0 Å². The Hall–Kier alpha value is -1.69. The minimum Gasteiger partial charge on any atom is -0.356 e. The third-order valence-electron chi connectivity index (χ3n) is 5.70. The zero-order valence-electron chi connectivity index (χ0n) is 14.1. The van der Waals surface area contributed by atoms with Crippen LogP contribution in [0.5, 0.6) is 0 Å². The Kier molecular flexibility index (Phi) is 3.47. The molecule has 126 valence electrons. The van der Waals surface area contributed by atoms with Crippen molar-refractivity contribution in [3.05, 3.63) is 28.7 Å². The van der Waals surface area contributed by atoms with E-state index in [1.807, 2.05) is 18.3 Å². The highest BCUT2D eigenvalue weighted by molar-refractivity contribution is 7.15. The average Bonchev–Trinajstić information content (AvgIpc) is 3.26. The molecule has 2 atom stereocenters. The lowest BCUT2D eigenvalue weighted by Crippen LogP contribution is -2.29. The zero-order chi connectivity index (χ0) is 16.1. The molecule has 3 aliphatic rings. The first-order chi connectivity index (χ1) is 11.8. The van der Waals surface area contributed by atoms with E-state index in [0.29, 0.717) is 0 Å². The average molecular weight is 341 g/mol. The molecular formula is C18H23N5S. The van der Waals surface area contributed by atoms with Crippen molar-refractivity contribution < 1.29 is 0 Å². The minimum absolute atomic E-state index is 0.737. The molecule has 0 amide bonds. The van der Waals surface area contributed by atoms with Crippen molar-refractivity contribution in [2.24, 2.45) is 11.8 Å². The lowest BCUT2D eigenvalue weighted by Gasteiger charge is -2.22. The van der Waals surface area contributed by atoms with Gasteiger partial charge in [-0.2, -0.15) is 0 Å². The summed E-state index contributed by atoms with van der Waals surface area (Å²) in [6, 6.07) is 2.10. The van der Waals surface area contributed by atoms with Crippen LogP contribution < -0.4 is 9.80 Å². The molecule has 0 bridgehead atoms. The van der Waals surface area contributed by atoms with Crippen LogP contribution in [0.2, 0.25) is 0 Å². The Morgan fingerprint density at radius 3 is 2.50 bits per heavy atom. The van der Waals surface area contributed by atoms with E-state index in [1.165, 1.54) is 36.5 Å². The number of nitrogens with zero attached hydrogens (tertiary/aromatic N) is 5. The molecule has 0 aromatic carbocycles. The fraction of sp³-hybridized carbons (Fsp3) is 0.611. The Morgan fingerprint density at radius 1 is 1.00 bits per heavy atom. The van der Waals surface area contributed by atoms with E-state index in [2.05, 4.69) is 25.8 Å². The molecule has 1 aliphatic carbocycles. The molecule has 24 heavy (non-hydrogen) atoms. The summed E-state index contributed by atoms with van der Waals surface area (Å²) >= 11 is 1.95. The summed E-state index contributed by atoms with van der Waals surface area (Å²) < 4.78 is 0. The van der Waals surface area contributed by atoms with Crippen molar-refractivity contribution in [2.45, 2.75) is 32.6 Å². The van der Waals surface area contributed by atoms with Gasteiger partial charge in [-0.15, -0.1) is 11.3 Å². The first-order valence-corrected chi connectivity index (χ1v) is 9.85. The number of rotatable bonds is 2. The summed E-state index contributed by atoms with van der Waals surface area (Å²) in [6.07, 6.45) is 6.77. The normalized spacial score (nSPS) is 25.9. The molecule has 2 aromatic heterocycles. The van der Waals surface area contributed by atoms with Crippen LogP contribution in [0.3, 0.4) is 0 Å². The van der Waals surface area contributed by atoms with E-state index in [1.54, 1.807) is 11.2 Å². The molecule has 5 nitrogen and oxygen atoms in total. The Balaban J connectivity index is 1.29. The lowest BCUT2D eigenvalue weighted by molar-refractivity contribution is 0.533. The van der Waals surface area contributed by atoms with E-state index >= 15 is 0 Å². The predicted molar refractivity (Wildman–Crippen MR) is 96.9 cm³/mol. The van der Waals surface area contributed by atoms with Crippen molar-refractivity contribution in [1.29, 1.82) is 0 Å². The maximum Gasteiger partial charge on any atom is 0.185 e. The quantitative estimate of drug-likeness (QED) is 0.840. The number of hydrogen-bond donors (Lipinski definition) is 0. The van der Waals surface area contributed by atoms with Crippen LogP contribution in [0.15, 0.2) is 12.4 Å². The zero-order valence-corrected chi connectivity index (χ0v) is 14.9. The molecule has 0 N–H and O–H groups in total. The maximum absolute atomic E-state index is 4.96. The van der Waals surface area contributed by atoms with E-state index in [-0.39, 0.29) is 0 Å². The molecule has 0 spiro atoms. The van der Waals surface area contributed by atoms with Gasteiger partial charge in [0.1, 0.15) is 12.1 Å². The second-order valence-corrected chi connectivity index (χ2v) is 8.48. The van der Waals surface area contributed by atoms with Crippen LogP contribution >= 0.6 is 11.3 Å². The van der Waals surface area contributed by atoms with Gasteiger partial charge in [0, 0.05) is 54.7 Å². The molecule has 0 radical (unpaired) electrons. The number of aryl methyl sites for hydroxylation is 3. The van der Waals surface area contributed by atoms with E-state index in [0.717, 1.165) is 49.5 Å². The van der Waals surface area contributed by atoms with Crippen molar-refractivity contribution in [3.63, 3.8) is 0 Å². The van der Waals surface area contributed by atoms with Crippen molar-refractivity contribution in [2.75, 3.05) is 36.0 Å². The van der Waals surface area contributed by atoms with Crippen LogP contribution in [0, 0.1) is 18.8 Å². The standard InChI is InChI=1S/C18H23N5S/c1-12-6-17(20-11-19-12)22-7-13-9-23(10-14(13)8-22)18-21-15-4-2-3-5-16(15)24-18/h6,11,13-14H,2-5,7-10H2,1H3. The monoisotopic (exact) mass is 341 g/mol. The minimum atomic E-state index is 0.737. The second kappa shape index (κ2) is 5.69. The molecule has 6 heteroatoms. The Labute approximate surface area is 146 Å².